The number of thiophene rings is 1. The predicted octanol–water partition coefficient (Wildman–Crippen LogP) is 1.37. The second-order valence-electron chi connectivity index (χ2n) is 3.92. The van der Waals surface area contributed by atoms with Gasteiger partial charge in [-0.15, -0.1) is 11.3 Å². The molecule has 1 fully saturated rings. The molecule has 0 saturated carbocycles. The minimum Gasteiger partial charge on any atom is -0.391 e. The zero-order chi connectivity index (χ0) is 12.5. The van der Waals surface area contributed by atoms with Crippen LogP contribution in [0.3, 0.4) is 0 Å². The fourth-order valence-corrected chi connectivity index (χ4v) is 5.97. The molecule has 0 amide bonds. The Balaban J connectivity index is 2.28. The van der Waals surface area contributed by atoms with Crippen molar-refractivity contribution in [3.63, 3.8) is 0 Å². The van der Waals surface area contributed by atoms with Gasteiger partial charge in [-0.1, -0.05) is 0 Å². The molecule has 0 radical (unpaired) electrons. The highest BCUT2D eigenvalue weighted by Crippen LogP contribution is 2.28. The monoisotopic (exact) mass is 293 g/mol. The molecular formula is C10H15NO3S3. The second kappa shape index (κ2) is 5.27. The maximum atomic E-state index is 12.4. The summed E-state index contributed by atoms with van der Waals surface area (Å²) < 4.78 is 26.6. The van der Waals surface area contributed by atoms with Gasteiger partial charge in [0.05, 0.1) is 6.61 Å². The fourth-order valence-electron chi connectivity index (χ4n) is 1.77. The number of sulfonamides is 1. The zero-order valence-corrected chi connectivity index (χ0v) is 11.9. The van der Waals surface area contributed by atoms with Gasteiger partial charge in [0.1, 0.15) is 4.21 Å². The summed E-state index contributed by atoms with van der Waals surface area (Å²) in [7, 11) is -3.37. The lowest BCUT2D eigenvalue weighted by Crippen LogP contribution is -2.44. The van der Waals surface area contributed by atoms with Crippen LogP contribution in [0, 0.1) is 0 Å². The average molecular weight is 293 g/mol. The average Bonchev–Trinajstić information content (AvgIpc) is 2.78. The lowest BCUT2D eigenvalue weighted by atomic mass is 10.4. The van der Waals surface area contributed by atoms with Crippen LogP contribution in [-0.4, -0.2) is 41.9 Å². The Morgan fingerprint density at radius 3 is 2.88 bits per heavy atom. The minimum absolute atomic E-state index is 0.0402. The molecule has 1 aliphatic heterocycles. The van der Waals surface area contributed by atoms with E-state index in [1.54, 1.807) is 28.2 Å². The van der Waals surface area contributed by atoms with Gasteiger partial charge in [0.25, 0.3) is 10.0 Å². The summed E-state index contributed by atoms with van der Waals surface area (Å²) in [4.78, 5) is 0.683. The predicted molar refractivity (Wildman–Crippen MR) is 70.9 cm³/mol. The third-order valence-corrected chi connectivity index (χ3v) is 7.40. The van der Waals surface area contributed by atoms with Gasteiger partial charge in [0.15, 0.2) is 0 Å². The standard InChI is InChI=1S/C10H15NO3S3/c1-8-7-15-5-4-11(8)17(13,14)10-3-2-9(6-12)16-10/h2-3,8,12H,4-7H2,1H3. The summed E-state index contributed by atoms with van der Waals surface area (Å²) in [6.07, 6.45) is 0. The van der Waals surface area contributed by atoms with Crippen molar-refractivity contribution in [1.82, 2.24) is 4.31 Å². The molecule has 1 atom stereocenters. The van der Waals surface area contributed by atoms with E-state index >= 15 is 0 Å². The van der Waals surface area contributed by atoms with E-state index in [9.17, 15) is 8.42 Å². The minimum atomic E-state index is -3.37. The molecule has 1 unspecified atom stereocenters. The molecule has 96 valence electrons. The molecule has 4 nitrogen and oxygen atoms in total. The first-order chi connectivity index (χ1) is 8.05. The van der Waals surface area contributed by atoms with Crippen LogP contribution in [0.4, 0.5) is 0 Å². The quantitative estimate of drug-likeness (QED) is 0.914. The summed E-state index contributed by atoms with van der Waals surface area (Å²) in [5.74, 6) is 1.69. The van der Waals surface area contributed by atoms with Crippen LogP contribution in [0.2, 0.25) is 0 Å². The van der Waals surface area contributed by atoms with E-state index < -0.39 is 10.0 Å². The molecule has 1 aromatic rings. The Morgan fingerprint density at radius 2 is 2.29 bits per heavy atom. The first-order valence-electron chi connectivity index (χ1n) is 5.35. The Kier molecular flexibility index (Phi) is 4.14. The van der Waals surface area contributed by atoms with Crippen LogP contribution in [0.1, 0.15) is 11.8 Å². The molecule has 2 heterocycles. The molecule has 1 aliphatic rings. The molecular weight excluding hydrogens is 278 g/mol. The highest BCUT2D eigenvalue weighted by atomic mass is 32.2. The number of aliphatic hydroxyl groups excluding tert-OH is 1. The Morgan fingerprint density at radius 1 is 1.53 bits per heavy atom. The van der Waals surface area contributed by atoms with E-state index in [0.717, 1.165) is 22.8 Å². The molecule has 1 N–H and O–H groups in total. The van der Waals surface area contributed by atoms with Gasteiger partial charge in [-0.2, -0.15) is 16.1 Å². The molecule has 0 bridgehead atoms. The van der Waals surface area contributed by atoms with Crippen LogP contribution >= 0.6 is 23.1 Å². The van der Waals surface area contributed by atoms with Gasteiger partial charge in [-0.25, -0.2) is 8.42 Å². The Labute approximate surface area is 110 Å². The number of hydrogen-bond acceptors (Lipinski definition) is 5. The lowest BCUT2D eigenvalue weighted by Gasteiger charge is -2.31. The maximum absolute atomic E-state index is 12.4. The third kappa shape index (κ3) is 2.68. The van der Waals surface area contributed by atoms with Gasteiger partial charge < -0.3 is 5.11 Å². The number of hydrogen-bond donors (Lipinski definition) is 1. The van der Waals surface area contributed by atoms with Gasteiger partial charge in [0, 0.05) is 29.0 Å². The SMILES string of the molecule is CC1CSCCN1S(=O)(=O)c1ccc(CO)s1. The first kappa shape index (κ1) is 13.4. The van der Waals surface area contributed by atoms with Crippen molar-refractivity contribution in [3.8, 4) is 0 Å². The van der Waals surface area contributed by atoms with Crippen LogP contribution in [0.15, 0.2) is 16.3 Å². The summed E-state index contributed by atoms with van der Waals surface area (Å²) in [5.41, 5.74) is 0. The van der Waals surface area contributed by atoms with E-state index in [2.05, 4.69) is 0 Å². The number of rotatable bonds is 3. The largest absolute Gasteiger partial charge is 0.391 e. The van der Waals surface area contributed by atoms with Crippen molar-refractivity contribution in [2.24, 2.45) is 0 Å². The normalized spacial score (nSPS) is 22.8. The maximum Gasteiger partial charge on any atom is 0.252 e. The molecule has 1 aromatic heterocycles. The van der Waals surface area contributed by atoms with Gasteiger partial charge in [-0.05, 0) is 19.1 Å². The van der Waals surface area contributed by atoms with Crippen molar-refractivity contribution in [2.45, 2.75) is 23.8 Å². The molecule has 2 rings (SSSR count). The fraction of sp³-hybridized carbons (Fsp3) is 0.600. The first-order valence-corrected chi connectivity index (χ1v) is 8.76. The van der Waals surface area contributed by atoms with E-state index in [1.807, 2.05) is 6.92 Å². The smallest absolute Gasteiger partial charge is 0.252 e. The molecule has 1 saturated heterocycles. The van der Waals surface area contributed by atoms with Gasteiger partial charge in [-0.3, -0.25) is 0 Å². The summed E-state index contributed by atoms with van der Waals surface area (Å²) in [6, 6.07) is 3.29. The lowest BCUT2D eigenvalue weighted by molar-refractivity contribution is 0.285. The third-order valence-electron chi connectivity index (χ3n) is 2.66. The topological polar surface area (TPSA) is 57.6 Å². The van der Waals surface area contributed by atoms with Crippen molar-refractivity contribution in [3.05, 3.63) is 17.0 Å². The Hall–Kier alpha value is -0.0800. The Bertz CT molecular complexity index is 483. The summed E-state index contributed by atoms with van der Waals surface area (Å²) in [6.45, 7) is 2.40. The van der Waals surface area contributed by atoms with Crippen LogP contribution < -0.4 is 0 Å². The van der Waals surface area contributed by atoms with Crippen molar-refractivity contribution in [2.75, 3.05) is 18.1 Å². The zero-order valence-electron chi connectivity index (χ0n) is 9.50. The van der Waals surface area contributed by atoms with Gasteiger partial charge in [0.2, 0.25) is 0 Å². The number of thioether (sulfide) groups is 1. The van der Waals surface area contributed by atoms with Crippen molar-refractivity contribution >= 4 is 33.1 Å². The van der Waals surface area contributed by atoms with E-state index in [1.165, 1.54) is 0 Å². The van der Waals surface area contributed by atoms with Crippen molar-refractivity contribution < 1.29 is 13.5 Å². The van der Waals surface area contributed by atoms with Crippen LogP contribution in [0.5, 0.6) is 0 Å². The highest BCUT2D eigenvalue weighted by molar-refractivity contribution is 7.99. The highest BCUT2D eigenvalue weighted by Gasteiger charge is 2.32. The molecule has 17 heavy (non-hydrogen) atoms. The van der Waals surface area contributed by atoms with Gasteiger partial charge >= 0.3 is 0 Å². The second-order valence-corrected chi connectivity index (χ2v) is 8.35. The number of nitrogens with zero attached hydrogens (tertiary/aromatic N) is 1. The molecule has 7 heteroatoms. The van der Waals surface area contributed by atoms with E-state index in [0.29, 0.717) is 15.6 Å². The van der Waals surface area contributed by atoms with E-state index in [-0.39, 0.29) is 12.6 Å². The molecule has 0 aromatic carbocycles. The summed E-state index contributed by atoms with van der Waals surface area (Å²) in [5, 5.41) is 8.98. The van der Waals surface area contributed by atoms with Crippen molar-refractivity contribution in [1.29, 1.82) is 0 Å². The molecule has 0 aliphatic carbocycles. The number of aliphatic hydroxyl groups is 1. The van der Waals surface area contributed by atoms with Crippen LogP contribution in [0.25, 0.3) is 0 Å². The summed E-state index contributed by atoms with van der Waals surface area (Å²) >= 11 is 2.93. The van der Waals surface area contributed by atoms with E-state index in [4.69, 9.17) is 5.11 Å². The molecule has 0 spiro atoms. The van der Waals surface area contributed by atoms with Crippen LogP contribution in [-0.2, 0) is 16.6 Å².